The Morgan fingerprint density at radius 2 is 2.00 bits per heavy atom. The second kappa shape index (κ2) is 6.54. The Morgan fingerprint density at radius 1 is 1.22 bits per heavy atom. The molecule has 4 nitrogen and oxygen atoms in total. The SMILES string of the molecule is COc1ccc(CCn2cc(CCBr)nn2)cc1. The number of ether oxygens (including phenoxy) is 1. The number of alkyl halides is 1. The summed E-state index contributed by atoms with van der Waals surface area (Å²) < 4.78 is 7.02. The first kappa shape index (κ1) is 13.1. The molecule has 0 unspecified atom stereocenters. The molecule has 2 rings (SSSR count). The van der Waals surface area contributed by atoms with Crippen LogP contribution in [0, 0.1) is 0 Å². The van der Waals surface area contributed by atoms with E-state index < -0.39 is 0 Å². The van der Waals surface area contributed by atoms with Gasteiger partial charge in [0.25, 0.3) is 0 Å². The quantitative estimate of drug-likeness (QED) is 0.770. The van der Waals surface area contributed by atoms with Crippen LogP contribution in [-0.4, -0.2) is 27.4 Å². The van der Waals surface area contributed by atoms with Gasteiger partial charge in [-0.25, -0.2) is 0 Å². The first-order chi connectivity index (χ1) is 8.81. The Labute approximate surface area is 115 Å². The molecule has 0 fully saturated rings. The number of aromatic nitrogens is 3. The van der Waals surface area contributed by atoms with Gasteiger partial charge in [0.05, 0.1) is 12.8 Å². The van der Waals surface area contributed by atoms with Gasteiger partial charge in [-0.1, -0.05) is 33.3 Å². The monoisotopic (exact) mass is 309 g/mol. The van der Waals surface area contributed by atoms with Crippen LogP contribution in [-0.2, 0) is 19.4 Å². The van der Waals surface area contributed by atoms with Crippen molar-refractivity contribution in [1.82, 2.24) is 15.0 Å². The van der Waals surface area contributed by atoms with E-state index in [4.69, 9.17) is 4.74 Å². The van der Waals surface area contributed by atoms with Crippen molar-refractivity contribution in [3.8, 4) is 5.75 Å². The lowest BCUT2D eigenvalue weighted by molar-refractivity contribution is 0.414. The summed E-state index contributed by atoms with van der Waals surface area (Å²) in [6.45, 7) is 0.849. The van der Waals surface area contributed by atoms with Crippen LogP contribution in [0.2, 0.25) is 0 Å². The molecule has 0 radical (unpaired) electrons. The van der Waals surface area contributed by atoms with E-state index in [2.05, 4.69) is 38.4 Å². The van der Waals surface area contributed by atoms with Gasteiger partial charge >= 0.3 is 0 Å². The van der Waals surface area contributed by atoms with E-state index in [1.807, 2.05) is 23.0 Å². The Balaban J connectivity index is 1.89. The molecule has 0 atom stereocenters. The average Bonchev–Trinajstić information content (AvgIpc) is 2.85. The number of nitrogens with zero attached hydrogens (tertiary/aromatic N) is 3. The smallest absolute Gasteiger partial charge is 0.118 e. The van der Waals surface area contributed by atoms with Crippen molar-refractivity contribution < 1.29 is 4.74 Å². The summed E-state index contributed by atoms with van der Waals surface area (Å²) in [5.41, 5.74) is 2.30. The molecule has 0 N–H and O–H groups in total. The fourth-order valence-electron chi connectivity index (χ4n) is 1.70. The number of benzene rings is 1. The van der Waals surface area contributed by atoms with Gasteiger partial charge in [0, 0.05) is 24.5 Å². The summed E-state index contributed by atoms with van der Waals surface area (Å²) in [5, 5.41) is 9.13. The minimum Gasteiger partial charge on any atom is -0.497 e. The van der Waals surface area contributed by atoms with E-state index >= 15 is 0 Å². The highest BCUT2D eigenvalue weighted by Gasteiger charge is 2.00. The number of methoxy groups -OCH3 is 1. The molecule has 0 amide bonds. The lowest BCUT2D eigenvalue weighted by Gasteiger charge is -2.03. The zero-order valence-electron chi connectivity index (χ0n) is 10.3. The molecule has 18 heavy (non-hydrogen) atoms. The van der Waals surface area contributed by atoms with Crippen LogP contribution in [0.3, 0.4) is 0 Å². The van der Waals surface area contributed by atoms with Gasteiger partial charge in [-0.05, 0) is 24.1 Å². The van der Waals surface area contributed by atoms with Gasteiger partial charge in [0.2, 0.25) is 0 Å². The molecule has 5 heteroatoms. The predicted molar refractivity (Wildman–Crippen MR) is 74.2 cm³/mol. The molecular weight excluding hydrogens is 294 g/mol. The van der Waals surface area contributed by atoms with E-state index in [0.717, 1.165) is 36.2 Å². The lowest BCUT2D eigenvalue weighted by atomic mass is 10.1. The number of aryl methyl sites for hydroxylation is 3. The van der Waals surface area contributed by atoms with Crippen LogP contribution in [0.5, 0.6) is 5.75 Å². The van der Waals surface area contributed by atoms with E-state index in [1.54, 1.807) is 7.11 Å². The van der Waals surface area contributed by atoms with Crippen molar-refractivity contribution in [2.24, 2.45) is 0 Å². The van der Waals surface area contributed by atoms with Gasteiger partial charge < -0.3 is 4.74 Å². The standard InChI is InChI=1S/C13H16BrN3O/c1-18-13-4-2-11(3-5-13)7-9-17-10-12(6-8-14)15-16-17/h2-5,10H,6-9H2,1H3. The normalized spacial score (nSPS) is 10.6. The fraction of sp³-hybridized carbons (Fsp3) is 0.385. The Bertz CT molecular complexity index is 481. The van der Waals surface area contributed by atoms with Crippen molar-refractivity contribution in [3.63, 3.8) is 0 Å². The fourth-order valence-corrected chi connectivity index (χ4v) is 2.10. The zero-order chi connectivity index (χ0) is 12.8. The molecule has 0 aliphatic heterocycles. The molecule has 1 aromatic carbocycles. The first-order valence-corrected chi connectivity index (χ1v) is 7.02. The molecule has 0 saturated heterocycles. The average molecular weight is 310 g/mol. The number of hydrogen-bond donors (Lipinski definition) is 0. The topological polar surface area (TPSA) is 39.9 Å². The van der Waals surface area contributed by atoms with Crippen molar-refractivity contribution in [1.29, 1.82) is 0 Å². The summed E-state index contributed by atoms with van der Waals surface area (Å²) in [7, 11) is 1.68. The first-order valence-electron chi connectivity index (χ1n) is 5.89. The van der Waals surface area contributed by atoms with Crippen LogP contribution in [0.25, 0.3) is 0 Å². The second-order valence-electron chi connectivity index (χ2n) is 4.01. The van der Waals surface area contributed by atoms with Crippen LogP contribution >= 0.6 is 15.9 Å². The van der Waals surface area contributed by atoms with E-state index in [9.17, 15) is 0 Å². The summed E-state index contributed by atoms with van der Waals surface area (Å²) in [4.78, 5) is 0. The van der Waals surface area contributed by atoms with Crippen molar-refractivity contribution in [3.05, 3.63) is 41.7 Å². The third-order valence-corrected chi connectivity index (χ3v) is 3.12. The van der Waals surface area contributed by atoms with Crippen molar-refractivity contribution in [2.75, 3.05) is 12.4 Å². The summed E-state index contributed by atoms with van der Waals surface area (Å²) in [6, 6.07) is 8.12. The van der Waals surface area contributed by atoms with Gasteiger partial charge in [-0.2, -0.15) is 0 Å². The molecule has 1 aromatic heterocycles. The van der Waals surface area contributed by atoms with Crippen molar-refractivity contribution >= 4 is 15.9 Å². The number of rotatable bonds is 6. The van der Waals surface area contributed by atoms with E-state index in [-0.39, 0.29) is 0 Å². The minimum absolute atomic E-state index is 0.849. The molecule has 0 spiro atoms. The van der Waals surface area contributed by atoms with Gasteiger partial charge in [-0.15, -0.1) is 5.10 Å². The molecule has 0 saturated carbocycles. The molecule has 0 aliphatic carbocycles. The minimum atomic E-state index is 0.849. The van der Waals surface area contributed by atoms with E-state index in [1.165, 1.54) is 5.56 Å². The van der Waals surface area contributed by atoms with Crippen molar-refractivity contribution in [2.45, 2.75) is 19.4 Å². The maximum atomic E-state index is 5.13. The highest BCUT2D eigenvalue weighted by molar-refractivity contribution is 9.09. The van der Waals surface area contributed by atoms with Gasteiger partial charge in [-0.3, -0.25) is 4.68 Å². The molecule has 1 heterocycles. The Hall–Kier alpha value is -1.36. The molecule has 96 valence electrons. The largest absolute Gasteiger partial charge is 0.497 e. The second-order valence-corrected chi connectivity index (χ2v) is 4.80. The number of halogens is 1. The lowest BCUT2D eigenvalue weighted by Crippen LogP contribution is -2.02. The zero-order valence-corrected chi connectivity index (χ0v) is 11.9. The summed E-state index contributed by atoms with van der Waals surface area (Å²) in [6.07, 6.45) is 3.87. The highest BCUT2D eigenvalue weighted by Crippen LogP contribution is 2.12. The van der Waals surface area contributed by atoms with Crippen LogP contribution in [0.4, 0.5) is 0 Å². The van der Waals surface area contributed by atoms with E-state index in [0.29, 0.717) is 0 Å². The third kappa shape index (κ3) is 3.57. The maximum absolute atomic E-state index is 5.13. The molecule has 2 aromatic rings. The molecular formula is C13H16BrN3O. The van der Waals surface area contributed by atoms with Crippen LogP contribution in [0.15, 0.2) is 30.5 Å². The Kier molecular flexibility index (Phi) is 4.75. The summed E-state index contributed by atoms with van der Waals surface area (Å²) >= 11 is 3.40. The maximum Gasteiger partial charge on any atom is 0.118 e. The molecule has 0 aliphatic rings. The van der Waals surface area contributed by atoms with Crippen LogP contribution < -0.4 is 4.74 Å². The molecule has 0 bridgehead atoms. The highest BCUT2D eigenvalue weighted by atomic mass is 79.9. The predicted octanol–water partition coefficient (Wildman–Crippen LogP) is 2.47. The van der Waals surface area contributed by atoms with Gasteiger partial charge in [0.15, 0.2) is 0 Å². The van der Waals surface area contributed by atoms with Gasteiger partial charge in [0.1, 0.15) is 5.75 Å². The number of hydrogen-bond acceptors (Lipinski definition) is 3. The summed E-state index contributed by atoms with van der Waals surface area (Å²) in [5.74, 6) is 0.888. The third-order valence-electron chi connectivity index (χ3n) is 2.73. The Morgan fingerprint density at radius 3 is 2.67 bits per heavy atom. The van der Waals surface area contributed by atoms with Crippen LogP contribution in [0.1, 0.15) is 11.3 Å².